The average Bonchev–Trinajstić information content (AvgIpc) is 2.68. The molecule has 2 rings (SSSR count). The average molecular weight is 252 g/mol. The van der Waals surface area contributed by atoms with Crippen LogP contribution in [0.5, 0.6) is 0 Å². The van der Waals surface area contributed by atoms with Crippen LogP contribution in [0.3, 0.4) is 0 Å². The van der Waals surface area contributed by atoms with Crippen LogP contribution in [0.4, 0.5) is 10.1 Å². The first-order valence-electron chi connectivity index (χ1n) is 5.96. The van der Waals surface area contributed by atoms with Crippen LogP contribution >= 0.6 is 0 Å². The largest absolute Gasteiger partial charge is 0.480 e. The number of hydrogen-bond acceptors (Lipinski definition) is 3. The summed E-state index contributed by atoms with van der Waals surface area (Å²) in [5.41, 5.74) is 6.41. The van der Waals surface area contributed by atoms with E-state index in [4.69, 9.17) is 10.8 Å². The summed E-state index contributed by atoms with van der Waals surface area (Å²) >= 11 is 0. The van der Waals surface area contributed by atoms with Gasteiger partial charge in [-0.15, -0.1) is 0 Å². The summed E-state index contributed by atoms with van der Waals surface area (Å²) in [6.07, 6.45) is 1.20. The highest BCUT2D eigenvalue weighted by Gasteiger charge is 2.29. The first kappa shape index (κ1) is 12.8. The zero-order valence-electron chi connectivity index (χ0n) is 10.3. The molecule has 1 aliphatic rings. The first-order valence-corrected chi connectivity index (χ1v) is 5.96. The number of fused-ring (bicyclic) bond motifs is 1. The van der Waals surface area contributed by atoms with Crippen LogP contribution < -0.4 is 10.6 Å². The minimum absolute atomic E-state index is 0.269. The van der Waals surface area contributed by atoms with Crippen LogP contribution in [0.15, 0.2) is 18.2 Å². The van der Waals surface area contributed by atoms with Gasteiger partial charge >= 0.3 is 5.97 Å². The molecule has 3 N–H and O–H groups in total. The predicted octanol–water partition coefficient (Wildman–Crippen LogP) is 1.38. The van der Waals surface area contributed by atoms with E-state index in [9.17, 15) is 9.18 Å². The van der Waals surface area contributed by atoms with E-state index in [0.29, 0.717) is 13.0 Å². The lowest BCUT2D eigenvalue weighted by atomic mass is 9.99. The summed E-state index contributed by atoms with van der Waals surface area (Å²) in [5.74, 6) is -1.28. The molecule has 1 atom stereocenters. The van der Waals surface area contributed by atoms with Gasteiger partial charge in [0.05, 0.1) is 0 Å². The minimum Gasteiger partial charge on any atom is -0.480 e. The Morgan fingerprint density at radius 2 is 2.33 bits per heavy atom. The lowest BCUT2D eigenvalue weighted by Crippen LogP contribution is -2.47. The summed E-state index contributed by atoms with van der Waals surface area (Å²) < 4.78 is 13.2. The van der Waals surface area contributed by atoms with Crippen molar-refractivity contribution < 1.29 is 14.3 Å². The predicted molar refractivity (Wildman–Crippen MR) is 67.2 cm³/mol. The highest BCUT2D eigenvalue weighted by molar-refractivity contribution is 5.77. The number of hydrogen-bond donors (Lipinski definition) is 2. The topological polar surface area (TPSA) is 66.6 Å². The third-order valence-electron chi connectivity index (χ3n) is 3.43. The molecule has 4 nitrogen and oxygen atoms in total. The number of nitrogens with zero attached hydrogens (tertiary/aromatic N) is 1. The molecule has 1 heterocycles. The van der Waals surface area contributed by atoms with E-state index in [0.717, 1.165) is 24.2 Å². The Morgan fingerprint density at radius 1 is 1.61 bits per heavy atom. The number of carboxylic acid groups (broad SMARTS) is 1. The van der Waals surface area contributed by atoms with Gasteiger partial charge in [-0.25, -0.2) is 4.39 Å². The van der Waals surface area contributed by atoms with Gasteiger partial charge in [-0.3, -0.25) is 4.79 Å². The molecule has 1 unspecified atom stereocenters. The zero-order valence-corrected chi connectivity index (χ0v) is 10.3. The Balaban J connectivity index is 2.06. The fourth-order valence-electron chi connectivity index (χ4n) is 2.13. The fraction of sp³-hybridized carbons (Fsp3) is 0.462. The minimum atomic E-state index is -1.24. The van der Waals surface area contributed by atoms with E-state index >= 15 is 0 Å². The van der Waals surface area contributed by atoms with E-state index in [1.54, 1.807) is 6.07 Å². The molecule has 5 heteroatoms. The zero-order chi connectivity index (χ0) is 13.3. The van der Waals surface area contributed by atoms with Crippen molar-refractivity contribution in [1.82, 2.24) is 0 Å². The van der Waals surface area contributed by atoms with E-state index in [1.165, 1.54) is 19.1 Å². The molecule has 0 radical (unpaired) electrons. The Labute approximate surface area is 105 Å². The molecule has 1 aromatic rings. The Morgan fingerprint density at radius 3 is 3.00 bits per heavy atom. The molecular weight excluding hydrogens is 235 g/mol. The number of halogens is 1. The van der Waals surface area contributed by atoms with Gasteiger partial charge in [-0.1, -0.05) is 6.07 Å². The molecule has 0 bridgehead atoms. The van der Waals surface area contributed by atoms with E-state index in [1.807, 2.05) is 4.90 Å². The molecule has 0 fully saturated rings. The van der Waals surface area contributed by atoms with Gasteiger partial charge in [0, 0.05) is 18.8 Å². The highest BCUT2D eigenvalue weighted by atomic mass is 19.1. The van der Waals surface area contributed by atoms with Crippen LogP contribution in [0.1, 0.15) is 18.9 Å². The van der Waals surface area contributed by atoms with Crippen molar-refractivity contribution in [1.29, 1.82) is 0 Å². The molecular formula is C13H17FN2O2. The number of aliphatic carboxylic acids is 1. The summed E-state index contributed by atoms with van der Waals surface area (Å²) in [6.45, 7) is 2.81. The summed E-state index contributed by atoms with van der Waals surface area (Å²) in [6, 6.07) is 4.73. The van der Waals surface area contributed by atoms with Crippen molar-refractivity contribution in [3.8, 4) is 0 Å². The molecule has 0 saturated heterocycles. The van der Waals surface area contributed by atoms with Crippen molar-refractivity contribution in [2.45, 2.75) is 25.3 Å². The van der Waals surface area contributed by atoms with Gasteiger partial charge in [-0.05, 0) is 37.5 Å². The molecule has 0 aliphatic carbocycles. The molecule has 18 heavy (non-hydrogen) atoms. The van der Waals surface area contributed by atoms with Gasteiger partial charge < -0.3 is 15.7 Å². The van der Waals surface area contributed by atoms with Gasteiger partial charge in [0.2, 0.25) is 0 Å². The molecule has 1 aromatic carbocycles. The maximum atomic E-state index is 13.2. The van der Waals surface area contributed by atoms with Gasteiger partial charge in [0.15, 0.2) is 0 Å². The van der Waals surface area contributed by atoms with Crippen molar-refractivity contribution >= 4 is 11.7 Å². The number of nitrogens with two attached hydrogens (primary N) is 1. The summed E-state index contributed by atoms with van der Waals surface area (Å²) in [4.78, 5) is 12.9. The number of carboxylic acids is 1. The molecule has 0 amide bonds. The number of anilines is 1. The second-order valence-corrected chi connectivity index (χ2v) is 4.98. The Hall–Kier alpha value is -1.62. The van der Waals surface area contributed by atoms with Crippen molar-refractivity contribution in [2.75, 3.05) is 18.0 Å². The van der Waals surface area contributed by atoms with Crippen molar-refractivity contribution in [2.24, 2.45) is 5.73 Å². The third kappa shape index (κ3) is 2.46. The van der Waals surface area contributed by atoms with Crippen molar-refractivity contribution in [3.63, 3.8) is 0 Å². The fourth-order valence-corrected chi connectivity index (χ4v) is 2.13. The summed E-state index contributed by atoms with van der Waals surface area (Å²) in [5, 5.41) is 8.95. The van der Waals surface area contributed by atoms with Crippen LogP contribution in [-0.4, -0.2) is 29.7 Å². The standard InChI is InChI=1S/C13H17FN2O2/c1-13(15,12(17)18)5-7-16-6-4-9-2-3-10(14)8-11(9)16/h2-3,8H,4-7,15H2,1H3,(H,17,18). The van der Waals surface area contributed by atoms with Crippen molar-refractivity contribution in [3.05, 3.63) is 29.6 Å². The van der Waals surface area contributed by atoms with E-state index in [2.05, 4.69) is 0 Å². The third-order valence-corrected chi connectivity index (χ3v) is 3.43. The van der Waals surface area contributed by atoms with Crippen LogP contribution in [0.2, 0.25) is 0 Å². The molecule has 0 spiro atoms. The van der Waals surface area contributed by atoms with Crippen LogP contribution in [0.25, 0.3) is 0 Å². The molecule has 0 saturated carbocycles. The Kier molecular flexibility index (Phi) is 3.26. The van der Waals surface area contributed by atoms with Crippen LogP contribution in [0, 0.1) is 5.82 Å². The smallest absolute Gasteiger partial charge is 0.323 e. The van der Waals surface area contributed by atoms with Crippen LogP contribution in [-0.2, 0) is 11.2 Å². The summed E-state index contributed by atoms with van der Waals surface area (Å²) in [7, 11) is 0. The number of benzene rings is 1. The first-order chi connectivity index (χ1) is 8.40. The van der Waals surface area contributed by atoms with Gasteiger partial charge in [0.1, 0.15) is 11.4 Å². The van der Waals surface area contributed by atoms with Gasteiger partial charge in [0.25, 0.3) is 0 Å². The normalized spacial score (nSPS) is 17.4. The SMILES string of the molecule is CC(N)(CCN1CCc2ccc(F)cc21)C(=O)O. The van der Waals surface area contributed by atoms with E-state index in [-0.39, 0.29) is 5.82 Å². The highest BCUT2D eigenvalue weighted by Crippen LogP contribution is 2.29. The number of carbonyl (C=O) groups is 1. The van der Waals surface area contributed by atoms with Gasteiger partial charge in [-0.2, -0.15) is 0 Å². The second kappa shape index (κ2) is 4.57. The lowest BCUT2D eigenvalue weighted by molar-refractivity contribution is -0.142. The second-order valence-electron chi connectivity index (χ2n) is 4.98. The molecule has 1 aliphatic heterocycles. The lowest BCUT2D eigenvalue weighted by Gasteiger charge is -2.25. The quantitative estimate of drug-likeness (QED) is 0.849. The Bertz CT molecular complexity index is 474. The monoisotopic (exact) mass is 252 g/mol. The molecule has 0 aromatic heterocycles. The van der Waals surface area contributed by atoms with E-state index < -0.39 is 11.5 Å². The maximum absolute atomic E-state index is 13.2. The maximum Gasteiger partial charge on any atom is 0.323 e. The molecule has 98 valence electrons. The number of rotatable bonds is 4.